The third-order valence-electron chi connectivity index (χ3n) is 0.827. The Morgan fingerprint density at radius 2 is 1.80 bits per heavy atom. The molecule has 60 valence electrons. The van der Waals surface area contributed by atoms with Crippen molar-refractivity contribution in [3.05, 3.63) is 11.6 Å². The Morgan fingerprint density at radius 1 is 1.40 bits per heavy atom. The van der Waals surface area contributed by atoms with E-state index < -0.39 is 9.90 Å². The van der Waals surface area contributed by atoms with E-state index in [9.17, 15) is 0 Å². The summed E-state index contributed by atoms with van der Waals surface area (Å²) in [5.74, 6) is 0. The van der Waals surface area contributed by atoms with E-state index in [1.54, 1.807) is 0 Å². The monoisotopic (exact) mass is 202 g/mol. The molecule has 0 aliphatic rings. The quantitative estimate of drug-likeness (QED) is 0.513. The number of hydrogen-bond donors (Lipinski definition) is 1. The zero-order valence-electron chi connectivity index (χ0n) is 5.74. The van der Waals surface area contributed by atoms with E-state index in [0.29, 0.717) is 0 Å². The molecule has 0 rings (SSSR count). The molecule has 0 aliphatic heterocycles. The first kappa shape index (κ1) is 10.6. The number of aliphatic hydroxyl groups is 1. The Bertz CT molecular complexity index is 132. The second-order valence-electron chi connectivity index (χ2n) is 2.23. The third kappa shape index (κ3) is 4.40. The van der Waals surface area contributed by atoms with Crippen LogP contribution in [0.4, 0.5) is 0 Å². The predicted octanol–water partition coefficient (Wildman–Crippen LogP) is 2.68. The van der Waals surface area contributed by atoms with Crippen molar-refractivity contribution in [3.8, 4) is 0 Å². The van der Waals surface area contributed by atoms with Crippen molar-refractivity contribution >= 4 is 34.8 Å². The number of hydrogen-bond acceptors (Lipinski definition) is 1. The van der Waals surface area contributed by atoms with E-state index in [2.05, 4.69) is 0 Å². The Kier molecular flexibility index (Phi) is 4.03. The molecule has 0 heterocycles. The minimum Gasteiger partial charge on any atom is -0.385 e. The van der Waals surface area contributed by atoms with Gasteiger partial charge in [0.1, 0.15) is 6.10 Å². The van der Waals surface area contributed by atoms with Gasteiger partial charge in [-0.25, -0.2) is 0 Å². The van der Waals surface area contributed by atoms with Gasteiger partial charge < -0.3 is 5.11 Å². The Balaban J connectivity index is 4.11. The smallest absolute Gasteiger partial charge is 0.219 e. The molecule has 0 bridgehead atoms. The second-order valence-corrected chi connectivity index (χ2v) is 4.60. The van der Waals surface area contributed by atoms with Crippen molar-refractivity contribution in [2.75, 3.05) is 0 Å². The van der Waals surface area contributed by atoms with Gasteiger partial charge in [0.25, 0.3) is 0 Å². The Labute approximate surface area is 75.6 Å². The average Bonchev–Trinajstić information content (AvgIpc) is 1.60. The first-order valence-electron chi connectivity index (χ1n) is 2.74. The van der Waals surface area contributed by atoms with Gasteiger partial charge in [-0.15, -0.1) is 0 Å². The highest BCUT2D eigenvalue weighted by molar-refractivity contribution is 6.68. The molecular formula is C6H9Cl3O. The average molecular weight is 203 g/mol. The summed E-state index contributed by atoms with van der Waals surface area (Å²) in [5.41, 5.74) is 0.916. The molecule has 1 N–H and O–H groups in total. The molecule has 0 fully saturated rings. The highest BCUT2D eigenvalue weighted by atomic mass is 35.6. The molecule has 10 heavy (non-hydrogen) atoms. The molecule has 0 saturated carbocycles. The molecule has 0 amide bonds. The van der Waals surface area contributed by atoms with Crippen molar-refractivity contribution in [1.82, 2.24) is 0 Å². The summed E-state index contributed by atoms with van der Waals surface area (Å²) >= 11 is 16.1. The van der Waals surface area contributed by atoms with Crippen molar-refractivity contribution in [2.24, 2.45) is 0 Å². The highest BCUT2D eigenvalue weighted by Gasteiger charge is 2.28. The van der Waals surface area contributed by atoms with Crippen LogP contribution >= 0.6 is 34.8 Å². The minimum absolute atomic E-state index is 0.916. The maximum atomic E-state index is 9.08. The number of allylic oxidation sites excluding steroid dienone is 1. The van der Waals surface area contributed by atoms with E-state index in [0.717, 1.165) is 5.57 Å². The van der Waals surface area contributed by atoms with E-state index >= 15 is 0 Å². The molecule has 0 aromatic carbocycles. The lowest BCUT2D eigenvalue weighted by Gasteiger charge is -2.15. The van der Waals surface area contributed by atoms with Crippen LogP contribution in [-0.2, 0) is 0 Å². The Hall–Kier alpha value is 0.570. The van der Waals surface area contributed by atoms with Gasteiger partial charge in [0, 0.05) is 0 Å². The Morgan fingerprint density at radius 3 is 1.90 bits per heavy atom. The maximum Gasteiger partial charge on any atom is 0.219 e. The zero-order valence-corrected chi connectivity index (χ0v) is 8.00. The molecule has 4 heteroatoms. The van der Waals surface area contributed by atoms with Crippen LogP contribution in [0.1, 0.15) is 13.8 Å². The van der Waals surface area contributed by atoms with E-state index in [1.165, 1.54) is 6.08 Å². The lowest BCUT2D eigenvalue weighted by atomic mass is 10.2. The van der Waals surface area contributed by atoms with Gasteiger partial charge >= 0.3 is 0 Å². The largest absolute Gasteiger partial charge is 0.385 e. The van der Waals surface area contributed by atoms with Crippen LogP contribution in [0.5, 0.6) is 0 Å². The molecule has 0 unspecified atom stereocenters. The fourth-order valence-corrected chi connectivity index (χ4v) is 0.599. The molecular weight excluding hydrogens is 194 g/mol. The van der Waals surface area contributed by atoms with Gasteiger partial charge in [0.05, 0.1) is 0 Å². The molecule has 0 radical (unpaired) electrons. The van der Waals surface area contributed by atoms with Crippen molar-refractivity contribution in [2.45, 2.75) is 23.7 Å². The predicted molar refractivity (Wildman–Crippen MR) is 45.7 cm³/mol. The summed E-state index contributed by atoms with van der Waals surface area (Å²) < 4.78 is -1.61. The lowest BCUT2D eigenvalue weighted by Crippen LogP contribution is -2.22. The van der Waals surface area contributed by atoms with Crippen LogP contribution < -0.4 is 0 Å². The van der Waals surface area contributed by atoms with Gasteiger partial charge in [0.2, 0.25) is 3.79 Å². The van der Waals surface area contributed by atoms with Gasteiger partial charge in [-0.2, -0.15) is 0 Å². The van der Waals surface area contributed by atoms with Gasteiger partial charge in [-0.1, -0.05) is 46.5 Å². The lowest BCUT2D eigenvalue weighted by molar-refractivity contribution is 0.227. The number of aliphatic hydroxyl groups excluding tert-OH is 1. The summed E-state index contributed by atoms with van der Waals surface area (Å²) in [4.78, 5) is 0. The molecule has 0 aliphatic carbocycles. The fourth-order valence-electron chi connectivity index (χ4n) is 0.410. The van der Waals surface area contributed by atoms with Gasteiger partial charge in [-0.3, -0.25) is 0 Å². The molecule has 0 spiro atoms. The first-order valence-corrected chi connectivity index (χ1v) is 3.87. The van der Waals surface area contributed by atoms with Crippen LogP contribution in [0.15, 0.2) is 11.6 Å². The van der Waals surface area contributed by atoms with Crippen LogP contribution in [0.3, 0.4) is 0 Å². The fraction of sp³-hybridized carbons (Fsp3) is 0.667. The van der Waals surface area contributed by atoms with Crippen LogP contribution in [0.25, 0.3) is 0 Å². The molecule has 1 atom stereocenters. The normalized spacial score (nSPS) is 14.6. The van der Waals surface area contributed by atoms with Gasteiger partial charge in [0.15, 0.2) is 0 Å². The second kappa shape index (κ2) is 3.82. The summed E-state index contributed by atoms with van der Waals surface area (Å²) in [6, 6.07) is 0. The number of alkyl halides is 3. The number of rotatable bonds is 1. The highest BCUT2D eigenvalue weighted by Crippen LogP contribution is 2.31. The van der Waals surface area contributed by atoms with E-state index in [4.69, 9.17) is 39.9 Å². The first-order chi connectivity index (χ1) is 4.34. The minimum atomic E-state index is -1.61. The summed E-state index contributed by atoms with van der Waals surface area (Å²) in [5, 5.41) is 9.08. The van der Waals surface area contributed by atoms with Crippen LogP contribution in [0, 0.1) is 0 Å². The zero-order chi connectivity index (χ0) is 8.36. The summed E-state index contributed by atoms with van der Waals surface area (Å²) in [6.45, 7) is 3.64. The maximum absolute atomic E-state index is 9.08. The number of halogens is 3. The topological polar surface area (TPSA) is 20.2 Å². The van der Waals surface area contributed by atoms with Crippen molar-refractivity contribution < 1.29 is 5.11 Å². The summed E-state index contributed by atoms with van der Waals surface area (Å²) in [6.07, 6.45) is 0.468. The van der Waals surface area contributed by atoms with Gasteiger partial charge in [-0.05, 0) is 13.8 Å². The van der Waals surface area contributed by atoms with E-state index in [-0.39, 0.29) is 0 Å². The van der Waals surface area contributed by atoms with E-state index in [1.807, 2.05) is 13.8 Å². The molecule has 0 aromatic heterocycles. The van der Waals surface area contributed by atoms with Crippen LogP contribution in [-0.4, -0.2) is 15.0 Å². The molecule has 0 aromatic rings. The van der Waals surface area contributed by atoms with Crippen molar-refractivity contribution in [1.29, 1.82) is 0 Å². The van der Waals surface area contributed by atoms with Crippen molar-refractivity contribution in [3.63, 3.8) is 0 Å². The standard InChI is InChI=1S/C6H9Cl3O/c1-4(2)3-5(10)6(7,8)9/h3,5,10H,1-2H3/t5-/m1/s1. The summed E-state index contributed by atoms with van der Waals surface area (Å²) in [7, 11) is 0. The third-order valence-corrected chi connectivity index (χ3v) is 1.50. The molecule has 0 saturated heterocycles. The SMILES string of the molecule is CC(C)=C[C@@H](O)C(Cl)(Cl)Cl. The molecule has 1 nitrogen and oxygen atoms in total. The van der Waals surface area contributed by atoms with Crippen LogP contribution in [0.2, 0.25) is 0 Å².